The number of nitrogens with zero attached hydrogens (tertiary/aromatic N) is 4. The fourth-order valence-corrected chi connectivity index (χ4v) is 3.38. The predicted molar refractivity (Wildman–Crippen MR) is 114 cm³/mol. The van der Waals surface area contributed by atoms with Gasteiger partial charge in [0.15, 0.2) is 5.82 Å². The largest absolute Gasteiger partial charge is 0.359 e. The number of pyridine rings is 1. The van der Waals surface area contributed by atoms with E-state index in [9.17, 15) is 9.59 Å². The maximum atomic E-state index is 12.6. The Labute approximate surface area is 174 Å². The second kappa shape index (κ2) is 8.77. The van der Waals surface area contributed by atoms with Crippen LogP contribution in [0, 0.1) is 6.92 Å². The highest BCUT2D eigenvalue weighted by Gasteiger charge is 2.26. The van der Waals surface area contributed by atoms with Gasteiger partial charge in [0.25, 0.3) is 5.91 Å². The normalized spacial score (nSPS) is 13.0. The molecule has 8 heteroatoms. The van der Waals surface area contributed by atoms with Crippen molar-refractivity contribution in [3.05, 3.63) is 71.7 Å². The predicted octanol–water partition coefficient (Wildman–Crippen LogP) is 2.37. The van der Waals surface area contributed by atoms with E-state index in [4.69, 9.17) is 0 Å². The van der Waals surface area contributed by atoms with Crippen molar-refractivity contribution in [2.75, 3.05) is 23.3 Å². The minimum Gasteiger partial charge on any atom is -0.359 e. The fraction of sp³-hybridized carbons (Fsp3) is 0.273. The van der Waals surface area contributed by atoms with Crippen molar-refractivity contribution in [2.24, 2.45) is 0 Å². The van der Waals surface area contributed by atoms with Crippen LogP contribution in [0.2, 0.25) is 0 Å². The standard InChI is InChI=1S/C22H24N6O2/c1-16-11-26-27(14-16)9-5-8-23-22(30)18-10-19-21(24-12-18)25-13-20(29)28(19)15-17-6-3-2-4-7-17/h2-4,6-7,10-12,14H,5,8-9,13,15H2,1H3,(H,23,30)(H,24,25). The average molecular weight is 404 g/mol. The zero-order valence-electron chi connectivity index (χ0n) is 16.8. The van der Waals surface area contributed by atoms with Crippen molar-refractivity contribution in [3.63, 3.8) is 0 Å². The van der Waals surface area contributed by atoms with Gasteiger partial charge in [-0.3, -0.25) is 14.3 Å². The molecule has 8 nitrogen and oxygen atoms in total. The van der Waals surface area contributed by atoms with E-state index in [-0.39, 0.29) is 18.4 Å². The molecule has 0 bridgehead atoms. The maximum Gasteiger partial charge on any atom is 0.252 e. The van der Waals surface area contributed by atoms with E-state index in [0.717, 1.165) is 24.1 Å². The fourth-order valence-electron chi connectivity index (χ4n) is 3.38. The molecule has 3 aromatic rings. The number of carbonyl (C=O) groups excluding carboxylic acids is 2. The summed E-state index contributed by atoms with van der Waals surface area (Å²) in [6, 6.07) is 11.5. The first-order valence-electron chi connectivity index (χ1n) is 9.95. The van der Waals surface area contributed by atoms with Gasteiger partial charge in [-0.2, -0.15) is 5.10 Å². The van der Waals surface area contributed by atoms with Gasteiger partial charge in [-0.25, -0.2) is 4.98 Å². The lowest BCUT2D eigenvalue weighted by Gasteiger charge is -2.29. The van der Waals surface area contributed by atoms with Gasteiger partial charge in [-0.1, -0.05) is 30.3 Å². The molecule has 0 aliphatic carbocycles. The Kier molecular flexibility index (Phi) is 5.74. The maximum absolute atomic E-state index is 12.6. The summed E-state index contributed by atoms with van der Waals surface area (Å²) in [5.41, 5.74) is 3.18. The van der Waals surface area contributed by atoms with Gasteiger partial charge in [0, 0.05) is 25.5 Å². The minimum absolute atomic E-state index is 0.0553. The monoisotopic (exact) mass is 404 g/mol. The molecule has 2 aromatic heterocycles. The summed E-state index contributed by atoms with van der Waals surface area (Å²) in [6.45, 7) is 3.88. The first-order chi connectivity index (χ1) is 14.6. The molecule has 0 saturated carbocycles. The van der Waals surface area contributed by atoms with Crippen molar-refractivity contribution < 1.29 is 9.59 Å². The van der Waals surface area contributed by atoms with Crippen LogP contribution in [-0.2, 0) is 17.9 Å². The van der Waals surface area contributed by atoms with Crippen LogP contribution in [0.25, 0.3) is 0 Å². The van der Waals surface area contributed by atoms with Crippen LogP contribution in [-0.4, -0.2) is 39.7 Å². The molecule has 3 heterocycles. The van der Waals surface area contributed by atoms with Crippen molar-refractivity contribution in [2.45, 2.75) is 26.4 Å². The Bertz CT molecular complexity index is 1050. The second-order valence-electron chi connectivity index (χ2n) is 7.30. The molecule has 2 N–H and O–H groups in total. The summed E-state index contributed by atoms with van der Waals surface area (Å²) in [6.07, 6.45) is 6.09. The highest BCUT2D eigenvalue weighted by Crippen LogP contribution is 2.29. The Morgan fingerprint density at radius 2 is 2.07 bits per heavy atom. The van der Waals surface area contributed by atoms with E-state index in [1.807, 2.05) is 54.3 Å². The van der Waals surface area contributed by atoms with E-state index >= 15 is 0 Å². The highest BCUT2D eigenvalue weighted by molar-refractivity contribution is 6.04. The number of benzene rings is 1. The number of hydrogen-bond donors (Lipinski definition) is 2. The number of fused-ring (bicyclic) bond motifs is 1. The summed E-state index contributed by atoms with van der Waals surface area (Å²) in [5, 5.41) is 10.2. The summed E-state index contributed by atoms with van der Waals surface area (Å²) >= 11 is 0. The molecule has 0 spiro atoms. The summed E-state index contributed by atoms with van der Waals surface area (Å²) < 4.78 is 1.86. The van der Waals surface area contributed by atoms with Crippen LogP contribution in [0.3, 0.4) is 0 Å². The molecule has 1 aromatic carbocycles. The lowest BCUT2D eigenvalue weighted by Crippen LogP contribution is -2.40. The molecule has 0 atom stereocenters. The smallest absolute Gasteiger partial charge is 0.252 e. The van der Waals surface area contributed by atoms with Gasteiger partial charge < -0.3 is 15.5 Å². The summed E-state index contributed by atoms with van der Waals surface area (Å²) in [7, 11) is 0. The quantitative estimate of drug-likeness (QED) is 0.590. The van der Waals surface area contributed by atoms with E-state index in [0.29, 0.717) is 30.2 Å². The number of rotatable bonds is 7. The van der Waals surface area contributed by atoms with E-state index < -0.39 is 0 Å². The molecule has 0 saturated heterocycles. The van der Waals surface area contributed by atoms with E-state index in [1.54, 1.807) is 11.0 Å². The van der Waals surface area contributed by atoms with Gasteiger partial charge in [0.05, 0.1) is 30.5 Å². The minimum atomic E-state index is -0.209. The molecule has 30 heavy (non-hydrogen) atoms. The molecule has 154 valence electrons. The Hall–Kier alpha value is -3.68. The number of aromatic nitrogens is 3. The lowest BCUT2D eigenvalue weighted by molar-refractivity contribution is -0.117. The third kappa shape index (κ3) is 4.48. The number of carbonyl (C=O) groups is 2. The molecule has 0 fully saturated rings. The van der Waals surface area contributed by atoms with E-state index in [1.165, 1.54) is 6.20 Å². The van der Waals surface area contributed by atoms with Crippen molar-refractivity contribution in [3.8, 4) is 0 Å². The van der Waals surface area contributed by atoms with Crippen molar-refractivity contribution in [1.82, 2.24) is 20.1 Å². The first kappa shape index (κ1) is 19.6. The molecule has 2 amide bonds. The Balaban J connectivity index is 1.42. The first-order valence-corrected chi connectivity index (χ1v) is 9.95. The van der Waals surface area contributed by atoms with Crippen molar-refractivity contribution >= 4 is 23.3 Å². The zero-order valence-corrected chi connectivity index (χ0v) is 16.8. The molecule has 0 unspecified atom stereocenters. The summed E-state index contributed by atoms with van der Waals surface area (Å²) in [4.78, 5) is 31.1. The second-order valence-corrected chi connectivity index (χ2v) is 7.30. The molecule has 1 aliphatic rings. The van der Waals surface area contributed by atoms with E-state index in [2.05, 4.69) is 20.7 Å². The van der Waals surface area contributed by atoms with Gasteiger partial charge in [0.1, 0.15) is 0 Å². The van der Waals surface area contributed by atoms with Gasteiger partial charge in [-0.15, -0.1) is 0 Å². The number of hydrogen-bond acceptors (Lipinski definition) is 5. The average Bonchev–Trinajstić information content (AvgIpc) is 3.18. The van der Waals surface area contributed by atoms with Gasteiger partial charge in [0.2, 0.25) is 5.91 Å². The molecular formula is C22H24N6O2. The van der Waals surface area contributed by atoms with Crippen molar-refractivity contribution in [1.29, 1.82) is 0 Å². The number of anilines is 2. The van der Waals surface area contributed by atoms with Crippen LogP contribution in [0.4, 0.5) is 11.5 Å². The van der Waals surface area contributed by atoms with Crippen LogP contribution in [0.5, 0.6) is 0 Å². The number of aryl methyl sites for hydroxylation is 2. The molecule has 1 aliphatic heterocycles. The van der Waals surface area contributed by atoms with Gasteiger partial charge in [-0.05, 0) is 30.5 Å². The SMILES string of the molecule is Cc1cnn(CCCNC(=O)c2cnc3c(c2)N(Cc2ccccc2)C(=O)CN3)c1. The molecular weight excluding hydrogens is 380 g/mol. The molecule has 4 rings (SSSR count). The lowest BCUT2D eigenvalue weighted by atomic mass is 10.1. The summed E-state index contributed by atoms with van der Waals surface area (Å²) in [5.74, 6) is 0.344. The molecule has 0 radical (unpaired) electrons. The third-order valence-corrected chi connectivity index (χ3v) is 4.92. The Morgan fingerprint density at radius 1 is 1.23 bits per heavy atom. The van der Waals surface area contributed by atoms with Crippen LogP contribution < -0.4 is 15.5 Å². The zero-order chi connectivity index (χ0) is 20.9. The topological polar surface area (TPSA) is 92.2 Å². The van der Waals surface area contributed by atoms with Crippen LogP contribution >= 0.6 is 0 Å². The number of amides is 2. The highest BCUT2D eigenvalue weighted by atomic mass is 16.2. The number of nitrogens with one attached hydrogen (secondary N) is 2. The van der Waals surface area contributed by atoms with Gasteiger partial charge >= 0.3 is 0 Å². The van der Waals surface area contributed by atoms with Crippen LogP contribution in [0.1, 0.15) is 27.9 Å². The third-order valence-electron chi connectivity index (χ3n) is 4.92. The van der Waals surface area contributed by atoms with Crippen LogP contribution in [0.15, 0.2) is 55.0 Å². The Morgan fingerprint density at radius 3 is 2.83 bits per heavy atom.